The zero-order chi connectivity index (χ0) is 27.5. The number of rotatable bonds is 4. The fourth-order valence-corrected chi connectivity index (χ4v) is 3.21. The summed E-state index contributed by atoms with van der Waals surface area (Å²) in [6.45, 7) is 0. The first-order valence-corrected chi connectivity index (χ1v) is 10.9. The standard InChI is InChI=1S/2C15H8N2O2/c16-9-11-1-5-13(6-2-11)15(18)19-14-7-3-12(10-17)4-8-14;16-8-10-1-4-12(5-2-10)14-7-11(9-17)3-6-13(14)15(18)19/h1-8H;1-7H,(H,18,19). The monoisotopic (exact) mass is 496 g/mol. The van der Waals surface area contributed by atoms with E-state index in [9.17, 15) is 9.59 Å². The average Bonchev–Trinajstić information content (AvgIpc) is 2.97. The number of nitrogens with zero attached hydrogens (tertiary/aromatic N) is 4. The van der Waals surface area contributed by atoms with Gasteiger partial charge in [0.1, 0.15) is 5.75 Å². The van der Waals surface area contributed by atoms with E-state index in [4.69, 9.17) is 30.9 Å². The molecule has 0 saturated carbocycles. The highest BCUT2D eigenvalue weighted by Crippen LogP contribution is 2.25. The van der Waals surface area contributed by atoms with Crippen molar-refractivity contribution in [2.24, 2.45) is 0 Å². The maximum absolute atomic E-state index is 11.8. The minimum Gasteiger partial charge on any atom is -0.478 e. The van der Waals surface area contributed by atoms with Crippen molar-refractivity contribution in [1.29, 1.82) is 21.0 Å². The fourth-order valence-electron chi connectivity index (χ4n) is 3.21. The quantitative estimate of drug-likeness (QED) is 0.289. The molecule has 0 aliphatic heterocycles. The van der Waals surface area contributed by atoms with E-state index in [2.05, 4.69) is 0 Å². The van der Waals surface area contributed by atoms with Crippen LogP contribution >= 0.6 is 0 Å². The zero-order valence-corrected chi connectivity index (χ0v) is 19.6. The summed E-state index contributed by atoms with van der Waals surface area (Å²) < 4.78 is 5.14. The van der Waals surface area contributed by atoms with E-state index < -0.39 is 11.9 Å². The van der Waals surface area contributed by atoms with Crippen molar-refractivity contribution in [1.82, 2.24) is 0 Å². The largest absolute Gasteiger partial charge is 0.478 e. The van der Waals surface area contributed by atoms with E-state index in [-0.39, 0.29) is 5.56 Å². The van der Waals surface area contributed by atoms with Gasteiger partial charge in [0.2, 0.25) is 0 Å². The van der Waals surface area contributed by atoms with Crippen LogP contribution in [-0.2, 0) is 0 Å². The Morgan fingerprint density at radius 3 is 1.53 bits per heavy atom. The molecule has 0 fully saturated rings. The van der Waals surface area contributed by atoms with Gasteiger partial charge in [0.15, 0.2) is 0 Å². The number of carboxylic acid groups (broad SMARTS) is 1. The lowest BCUT2D eigenvalue weighted by molar-refractivity contribution is 0.0695. The zero-order valence-electron chi connectivity index (χ0n) is 19.6. The Bertz CT molecular complexity index is 1650. The number of ether oxygens (including phenoxy) is 1. The summed E-state index contributed by atoms with van der Waals surface area (Å²) >= 11 is 0. The van der Waals surface area contributed by atoms with Crippen LogP contribution in [0.1, 0.15) is 43.0 Å². The number of nitriles is 4. The lowest BCUT2D eigenvalue weighted by Crippen LogP contribution is -2.08. The van der Waals surface area contributed by atoms with E-state index in [0.717, 1.165) is 0 Å². The molecule has 8 nitrogen and oxygen atoms in total. The van der Waals surface area contributed by atoms with Crippen LogP contribution in [0.15, 0.2) is 91.0 Å². The second-order valence-electron chi connectivity index (χ2n) is 7.58. The normalized spacial score (nSPS) is 9.26. The van der Waals surface area contributed by atoms with Gasteiger partial charge in [0.05, 0.1) is 57.7 Å². The lowest BCUT2D eigenvalue weighted by atomic mass is 9.97. The number of carbonyl (C=O) groups is 2. The molecule has 0 heterocycles. The van der Waals surface area contributed by atoms with Gasteiger partial charge in [0.25, 0.3) is 0 Å². The molecule has 0 aliphatic rings. The van der Waals surface area contributed by atoms with E-state index in [1.165, 1.54) is 30.3 Å². The number of carbonyl (C=O) groups excluding carboxylic acids is 1. The first-order valence-electron chi connectivity index (χ1n) is 10.9. The lowest BCUT2D eigenvalue weighted by Gasteiger charge is -2.07. The van der Waals surface area contributed by atoms with Crippen LogP contribution in [0.5, 0.6) is 5.75 Å². The second kappa shape index (κ2) is 12.5. The van der Waals surface area contributed by atoms with Gasteiger partial charge in [-0.15, -0.1) is 0 Å². The fraction of sp³-hybridized carbons (Fsp3) is 0. The molecule has 8 heteroatoms. The van der Waals surface area contributed by atoms with Gasteiger partial charge in [-0.2, -0.15) is 21.0 Å². The third kappa shape index (κ3) is 6.68. The van der Waals surface area contributed by atoms with Crippen molar-refractivity contribution in [3.8, 4) is 41.2 Å². The van der Waals surface area contributed by atoms with Gasteiger partial charge >= 0.3 is 11.9 Å². The molecule has 180 valence electrons. The number of aromatic carboxylic acids is 1. The predicted octanol–water partition coefficient (Wildman–Crippen LogP) is 5.44. The summed E-state index contributed by atoms with van der Waals surface area (Å²) in [4.78, 5) is 23.0. The Labute approximate surface area is 218 Å². The Morgan fingerprint density at radius 1 is 0.605 bits per heavy atom. The Kier molecular flexibility index (Phi) is 8.66. The first kappa shape index (κ1) is 26.4. The molecule has 0 spiro atoms. The summed E-state index contributed by atoms with van der Waals surface area (Å²) in [5.74, 6) is -1.19. The third-order valence-corrected chi connectivity index (χ3v) is 5.15. The number of hydrogen-bond acceptors (Lipinski definition) is 7. The number of carboxylic acids is 1. The molecule has 0 bridgehead atoms. The molecule has 0 amide bonds. The second-order valence-corrected chi connectivity index (χ2v) is 7.58. The summed E-state index contributed by atoms with van der Waals surface area (Å²) in [6, 6.07) is 31.3. The minimum absolute atomic E-state index is 0.128. The summed E-state index contributed by atoms with van der Waals surface area (Å²) in [7, 11) is 0. The minimum atomic E-state index is -1.05. The van der Waals surface area contributed by atoms with E-state index in [0.29, 0.717) is 44.7 Å². The highest BCUT2D eigenvalue weighted by Gasteiger charge is 2.12. The van der Waals surface area contributed by atoms with Crippen molar-refractivity contribution in [3.05, 3.63) is 124 Å². The molecular formula is C30H16N4O4. The Morgan fingerprint density at radius 2 is 1.05 bits per heavy atom. The van der Waals surface area contributed by atoms with Gasteiger partial charge in [-0.1, -0.05) is 12.1 Å². The van der Waals surface area contributed by atoms with Crippen molar-refractivity contribution in [3.63, 3.8) is 0 Å². The van der Waals surface area contributed by atoms with Crippen LogP contribution in [0.25, 0.3) is 11.1 Å². The number of hydrogen-bond donors (Lipinski definition) is 1. The average molecular weight is 496 g/mol. The SMILES string of the molecule is N#Cc1ccc(-c2cc(C#N)ccc2C(=O)O)cc1.N#Cc1ccc(OC(=O)c2ccc(C#N)cc2)cc1. The molecule has 0 radical (unpaired) electrons. The summed E-state index contributed by atoms with van der Waals surface area (Å²) in [6.07, 6.45) is 0. The summed E-state index contributed by atoms with van der Waals surface area (Å²) in [5, 5.41) is 44.1. The summed E-state index contributed by atoms with van der Waals surface area (Å²) in [5.41, 5.74) is 3.49. The van der Waals surface area contributed by atoms with Crippen LogP contribution in [0.2, 0.25) is 0 Å². The molecule has 38 heavy (non-hydrogen) atoms. The molecule has 4 rings (SSSR count). The van der Waals surface area contributed by atoms with Gasteiger partial charge in [-0.05, 0) is 90.0 Å². The topological polar surface area (TPSA) is 159 Å². The van der Waals surface area contributed by atoms with Crippen LogP contribution in [-0.4, -0.2) is 17.0 Å². The highest BCUT2D eigenvalue weighted by molar-refractivity contribution is 5.96. The molecule has 0 unspecified atom stereocenters. The van der Waals surface area contributed by atoms with Crippen LogP contribution in [0.3, 0.4) is 0 Å². The van der Waals surface area contributed by atoms with E-state index in [1.807, 2.05) is 24.3 Å². The van der Waals surface area contributed by atoms with Crippen molar-refractivity contribution >= 4 is 11.9 Å². The van der Waals surface area contributed by atoms with Gasteiger partial charge in [0, 0.05) is 0 Å². The molecule has 0 aromatic heterocycles. The van der Waals surface area contributed by atoms with Gasteiger partial charge in [-0.25, -0.2) is 9.59 Å². The first-order chi connectivity index (χ1) is 18.4. The smallest absolute Gasteiger partial charge is 0.343 e. The van der Waals surface area contributed by atoms with Crippen molar-refractivity contribution in [2.75, 3.05) is 0 Å². The van der Waals surface area contributed by atoms with Crippen LogP contribution < -0.4 is 4.74 Å². The van der Waals surface area contributed by atoms with Gasteiger partial charge in [-0.3, -0.25) is 0 Å². The Balaban J connectivity index is 0.000000211. The Hall–Kier alpha value is -6.22. The van der Waals surface area contributed by atoms with Crippen molar-refractivity contribution < 1.29 is 19.4 Å². The molecule has 4 aromatic rings. The van der Waals surface area contributed by atoms with Gasteiger partial charge < -0.3 is 9.84 Å². The maximum Gasteiger partial charge on any atom is 0.343 e. The van der Waals surface area contributed by atoms with E-state index >= 15 is 0 Å². The molecular weight excluding hydrogens is 480 g/mol. The number of benzene rings is 4. The van der Waals surface area contributed by atoms with Crippen LogP contribution in [0.4, 0.5) is 0 Å². The van der Waals surface area contributed by atoms with Crippen molar-refractivity contribution in [2.45, 2.75) is 0 Å². The maximum atomic E-state index is 11.8. The highest BCUT2D eigenvalue weighted by atomic mass is 16.5. The number of esters is 1. The molecule has 0 aliphatic carbocycles. The molecule has 4 aromatic carbocycles. The molecule has 1 N–H and O–H groups in total. The third-order valence-electron chi connectivity index (χ3n) is 5.15. The predicted molar refractivity (Wildman–Crippen MR) is 136 cm³/mol. The van der Waals surface area contributed by atoms with Crippen LogP contribution in [0, 0.1) is 45.3 Å². The van der Waals surface area contributed by atoms with E-state index in [1.54, 1.807) is 60.7 Å². The molecule has 0 saturated heterocycles. The molecule has 0 atom stereocenters.